The zero-order chi connectivity index (χ0) is 26.1. The highest BCUT2D eigenvalue weighted by molar-refractivity contribution is 7.89. The Hall–Kier alpha value is -2.46. The number of amides is 2. The number of rotatable bonds is 12. The predicted octanol–water partition coefficient (Wildman–Crippen LogP) is 3.28. The molecule has 2 amide bonds. The molecule has 2 aromatic rings. The van der Waals surface area contributed by atoms with Crippen LogP contribution in [0, 0.1) is 0 Å². The van der Waals surface area contributed by atoms with E-state index in [2.05, 4.69) is 10.0 Å². The number of hydrogen-bond donors (Lipinski definition) is 2. The Kier molecular flexibility index (Phi) is 10.3. The largest absolute Gasteiger partial charge is 0.376 e. The van der Waals surface area contributed by atoms with Gasteiger partial charge >= 0.3 is 0 Å². The number of nitrogens with zero attached hydrogens (tertiary/aromatic N) is 1. The van der Waals surface area contributed by atoms with E-state index >= 15 is 0 Å². The molecule has 10 heteroatoms. The molecule has 3 rings (SSSR count). The summed E-state index contributed by atoms with van der Waals surface area (Å²) >= 11 is 6.00. The molecule has 0 saturated carbocycles. The summed E-state index contributed by atoms with van der Waals surface area (Å²) in [5, 5.41) is 3.51. The minimum absolute atomic E-state index is 0.0147. The quantitative estimate of drug-likeness (QED) is 0.434. The van der Waals surface area contributed by atoms with Crippen LogP contribution < -0.4 is 10.0 Å². The van der Waals surface area contributed by atoms with Gasteiger partial charge in [-0.05, 0) is 61.6 Å². The second kappa shape index (κ2) is 13.2. The van der Waals surface area contributed by atoms with E-state index < -0.39 is 16.1 Å². The molecule has 2 N–H and O–H groups in total. The van der Waals surface area contributed by atoms with Gasteiger partial charge in [0.15, 0.2) is 0 Å². The summed E-state index contributed by atoms with van der Waals surface area (Å²) in [6, 6.07) is 13.0. The van der Waals surface area contributed by atoms with Crippen molar-refractivity contribution in [3.63, 3.8) is 0 Å². The molecule has 1 aliphatic heterocycles. The van der Waals surface area contributed by atoms with Crippen molar-refractivity contribution in [2.75, 3.05) is 19.7 Å². The van der Waals surface area contributed by atoms with Crippen molar-refractivity contribution in [2.24, 2.45) is 0 Å². The number of carbonyl (C=O) groups is 2. The summed E-state index contributed by atoms with van der Waals surface area (Å²) < 4.78 is 32.3. The first kappa shape index (κ1) is 28.1. The maximum absolute atomic E-state index is 13.3. The van der Waals surface area contributed by atoms with Gasteiger partial charge in [-0.3, -0.25) is 9.59 Å². The lowest BCUT2D eigenvalue weighted by molar-refractivity contribution is -0.140. The normalized spacial score (nSPS) is 16.5. The number of sulfonamides is 1. The average Bonchev–Trinajstić information content (AvgIpc) is 3.39. The topological polar surface area (TPSA) is 105 Å². The van der Waals surface area contributed by atoms with Crippen LogP contribution in [0.2, 0.25) is 5.02 Å². The van der Waals surface area contributed by atoms with Crippen LogP contribution in [0.4, 0.5) is 0 Å². The van der Waals surface area contributed by atoms with Gasteiger partial charge < -0.3 is 15.0 Å². The van der Waals surface area contributed by atoms with Crippen LogP contribution in [0.1, 0.15) is 44.2 Å². The Balaban J connectivity index is 1.66. The minimum Gasteiger partial charge on any atom is -0.376 e. The standard InChI is InChI=1S/C26H34ClN3O5S/c1-3-29-36(33,34)24-13-8-20(9-14-24)10-15-25(31)30(18-21-6-11-22(27)12-7-21)19(2)26(32)28-17-23-5-4-16-35-23/h6-9,11-14,19,23,29H,3-5,10,15-18H2,1-2H3,(H,28,32)/t19-,23+/m1/s1. The zero-order valence-electron chi connectivity index (χ0n) is 20.7. The van der Waals surface area contributed by atoms with E-state index in [4.69, 9.17) is 16.3 Å². The van der Waals surface area contributed by atoms with E-state index in [1.165, 1.54) is 12.1 Å². The highest BCUT2D eigenvalue weighted by atomic mass is 35.5. The third kappa shape index (κ3) is 8.03. The highest BCUT2D eigenvalue weighted by Crippen LogP contribution is 2.17. The van der Waals surface area contributed by atoms with Crippen LogP contribution in [-0.2, 0) is 37.3 Å². The van der Waals surface area contributed by atoms with E-state index in [0.29, 0.717) is 31.1 Å². The van der Waals surface area contributed by atoms with Crippen LogP contribution >= 0.6 is 11.6 Å². The summed E-state index contributed by atoms with van der Waals surface area (Å²) in [6.07, 6.45) is 2.51. The molecule has 1 fully saturated rings. The maximum Gasteiger partial charge on any atom is 0.242 e. The number of ether oxygens (including phenoxy) is 1. The molecule has 1 heterocycles. The number of halogens is 1. The number of carbonyl (C=O) groups excluding carboxylic acids is 2. The van der Waals surface area contributed by atoms with Gasteiger partial charge in [0.25, 0.3) is 0 Å². The van der Waals surface area contributed by atoms with Crippen molar-refractivity contribution in [2.45, 2.75) is 63.1 Å². The van der Waals surface area contributed by atoms with Gasteiger partial charge in [-0.2, -0.15) is 0 Å². The molecule has 0 aliphatic carbocycles. The number of hydrogen-bond acceptors (Lipinski definition) is 5. The van der Waals surface area contributed by atoms with Crippen molar-refractivity contribution in [3.8, 4) is 0 Å². The summed E-state index contributed by atoms with van der Waals surface area (Å²) in [7, 11) is -3.53. The van der Waals surface area contributed by atoms with Crippen molar-refractivity contribution in [1.82, 2.24) is 14.9 Å². The smallest absolute Gasteiger partial charge is 0.242 e. The van der Waals surface area contributed by atoms with E-state index in [1.54, 1.807) is 43.0 Å². The summed E-state index contributed by atoms with van der Waals surface area (Å²) in [4.78, 5) is 27.9. The molecule has 8 nitrogen and oxygen atoms in total. The first-order valence-electron chi connectivity index (χ1n) is 12.2. The van der Waals surface area contributed by atoms with Crippen molar-refractivity contribution >= 4 is 33.4 Å². The van der Waals surface area contributed by atoms with Crippen molar-refractivity contribution in [1.29, 1.82) is 0 Å². The fourth-order valence-corrected chi connectivity index (χ4v) is 5.21. The molecule has 1 saturated heterocycles. The number of aryl methyl sites for hydroxylation is 1. The van der Waals surface area contributed by atoms with Crippen LogP contribution in [-0.4, -0.2) is 57.0 Å². The summed E-state index contributed by atoms with van der Waals surface area (Å²) in [5.74, 6) is -0.403. The SMILES string of the molecule is CCNS(=O)(=O)c1ccc(CCC(=O)N(Cc2ccc(Cl)cc2)[C@H](C)C(=O)NC[C@@H]2CCCO2)cc1. The molecule has 0 radical (unpaired) electrons. The molecule has 0 aromatic heterocycles. The Bertz CT molecular complexity index is 1120. The summed E-state index contributed by atoms with van der Waals surface area (Å²) in [5.41, 5.74) is 1.70. The van der Waals surface area contributed by atoms with Crippen molar-refractivity contribution < 1.29 is 22.7 Å². The lowest BCUT2D eigenvalue weighted by Crippen LogP contribution is -2.49. The van der Waals surface area contributed by atoms with E-state index in [1.807, 2.05) is 12.1 Å². The Morgan fingerprint density at radius 3 is 2.39 bits per heavy atom. The van der Waals surface area contributed by atoms with Crippen LogP contribution in [0.5, 0.6) is 0 Å². The first-order chi connectivity index (χ1) is 17.2. The Morgan fingerprint density at radius 2 is 1.78 bits per heavy atom. The maximum atomic E-state index is 13.3. The second-order valence-corrected chi connectivity index (χ2v) is 11.1. The van der Waals surface area contributed by atoms with Gasteiger partial charge in [0, 0.05) is 37.7 Å². The average molecular weight is 536 g/mol. The van der Waals surface area contributed by atoms with Gasteiger partial charge in [0.1, 0.15) is 6.04 Å². The molecule has 0 unspecified atom stereocenters. The molecule has 2 atom stereocenters. The predicted molar refractivity (Wildman–Crippen MR) is 139 cm³/mol. The molecule has 2 aromatic carbocycles. The van der Waals surface area contributed by atoms with E-state index in [0.717, 1.165) is 24.0 Å². The molecule has 0 bridgehead atoms. The molecular weight excluding hydrogens is 502 g/mol. The highest BCUT2D eigenvalue weighted by Gasteiger charge is 2.27. The molecule has 36 heavy (non-hydrogen) atoms. The third-order valence-electron chi connectivity index (χ3n) is 6.16. The van der Waals surface area contributed by atoms with E-state index in [9.17, 15) is 18.0 Å². The monoisotopic (exact) mass is 535 g/mol. The minimum atomic E-state index is -3.53. The van der Waals surface area contributed by atoms with Gasteiger partial charge in [-0.25, -0.2) is 13.1 Å². The first-order valence-corrected chi connectivity index (χ1v) is 14.1. The van der Waals surface area contributed by atoms with Gasteiger partial charge in [0.05, 0.1) is 11.0 Å². The van der Waals surface area contributed by atoms with Crippen molar-refractivity contribution in [3.05, 3.63) is 64.7 Å². The Labute approximate surface area is 218 Å². The second-order valence-electron chi connectivity index (χ2n) is 8.85. The van der Waals surface area contributed by atoms with Crippen LogP contribution in [0.25, 0.3) is 0 Å². The lowest BCUT2D eigenvalue weighted by atomic mass is 10.1. The molecular formula is C26H34ClN3O5S. The third-order valence-corrected chi connectivity index (χ3v) is 7.97. The molecule has 0 spiro atoms. The molecule has 196 valence electrons. The summed E-state index contributed by atoms with van der Waals surface area (Å²) in [6.45, 7) is 5.15. The number of benzene rings is 2. The Morgan fingerprint density at radius 1 is 1.11 bits per heavy atom. The number of nitrogens with one attached hydrogen (secondary N) is 2. The zero-order valence-corrected chi connectivity index (χ0v) is 22.3. The molecule has 1 aliphatic rings. The van der Waals surface area contributed by atoms with E-state index in [-0.39, 0.29) is 35.8 Å². The lowest BCUT2D eigenvalue weighted by Gasteiger charge is -2.29. The van der Waals surface area contributed by atoms with Gasteiger partial charge in [-0.1, -0.05) is 42.8 Å². The van der Waals surface area contributed by atoms with Crippen LogP contribution in [0.3, 0.4) is 0 Å². The fourth-order valence-electron chi connectivity index (χ4n) is 4.04. The van der Waals surface area contributed by atoms with Gasteiger partial charge in [-0.15, -0.1) is 0 Å². The fraction of sp³-hybridized carbons (Fsp3) is 0.462. The van der Waals surface area contributed by atoms with Gasteiger partial charge in [0.2, 0.25) is 21.8 Å². The van der Waals surface area contributed by atoms with Crippen LogP contribution in [0.15, 0.2) is 53.4 Å².